The molecule has 24 heavy (non-hydrogen) atoms. The van der Waals surface area contributed by atoms with Crippen molar-refractivity contribution in [3.05, 3.63) is 28.7 Å². The molecule has 0 spiro atoms. The molecule has 1 aromatic carbocycles. The van der Waals surface area contributed by atoms with Gasteiger partial charge >= 0.3 is 0 Å². The fourth-order valence-electron chi connectivity index (χ4n) is 2.62. The third kappa shape index (κ3) is 6.76. The van der Waals surface area contributed by atoms with Gasteiger partial charge in [0.1, 0.15) is 11.9 Å². The summed E-state index contributed by atoms with van der Waals surface area (Å²) in [6.07, 6.45) is 1.16. The lowest BCUT2D eigenvalue weighted by Crippen LogP contribution is -2.44. The van der Waals surface area contributed by atoms with Crippen molar-refractivity contribution in [1.29, 1.82) is 0 Å². The quantitative estimate of drug-likeness (QED) is 0.361. The fraction of sp³-hybridized carbons (Fsp3) is 0.588. The molecule has 1 aliphatic heterocycles. The van der Waals surface area contributed by atoms with Crippen LogP contribution >= 0.6 is 39.9 Å². The van der Waals surface area contributed by atoms with Crippen molar-refractivity contribution < 1.29 is 9.47 Å². The highest BCUT2D eigenvalue weighted by Gasteiger charge is 2.19. The highest BCUT2D eigenvalue weighted by molar-refractivity contribution is 14.0. The number of halogens is 2. The van der Waals surface area contributed by atoms with E-state index >= 15 is 0 Å². The first-order chi connectivity index (χ1) is 11.1. The van der Waals surface area contributed by atoms with Crippen molar-refractivity contribution >= 4 is 45.9 Å². The molecule has 2 rings (SSSR count). The first-order valence-corrected chi connectivity index (χ1v) is 8.80. The Hall–Kier alpha value is -0.540. The van der Waals surface area contributed by atoms with Crippen LogP contribution in [0.15, 0.2) is 33.7 Å². The van der Waals surface area contributed by atoms with Crippen LogP contribution in [0.3, 0.4) is 0 Å². The zero-order valence-corrected chi connectivity index (χ0v) is 18.4. The van der Waals surface area contributed by atoms with Gasteiger partial charge in [0.05, 0.1) is 17.6 Å². The van der Waals surface area contributed by atoms with Crippen molar-refractivity contribution in [2.75, 3.05) is 40.4 Å². The van der Waals surface area contributed by atoms with Crippen LogP contribution in [0, 0.1) is 5.92 Å². The molecule has 0 radical (unpaired) electrons. The van der Waals surface area contributed by atoms with Crippen LogP contribution in [0.5, 0.6) is 5.75 Å². The second-order valence-electron chi connectivity index (χ2n) is 5.90. The Morgan fingerprint density at radius 1 is 1.50 bits per heavy atom. The maximum Gasteiger partial charge on any atom is 0.193 e. The molecule has 0 bridgehead atoms. The van der Waals surface area contributed by atoms with E-state index in [1.54, 1.807) is 0 Å². The molecule has 7 heteroatoms. The second kappa shape index (κ2) is 11.1. The smallest absolute Gasteiger partial charge is 0.193 e. The van der Waals surface area contributed by atoms with E-state index in [2.05, 4.69) is 38.2 Å². The molecule has 0 saturated carbocycles. The number of nitrogens with one attached hydrogen (secondary N) is 1. The Morgan fingerprint density at radius 3 is 2.88 bits per heavy atom. The van der Waals surface area contributed by atoms with E-state index in [-0.39, 0.29) is 30.1 Å². The summed E-state index contributed by atoms with van der Waals surface area (Å²) in [6.45, 7) is 5.42. The molecule has 1 N–H and O–H groups in total. The molecule has 1 aliphatic rings. The van der Waals surface area contributed by atoms with Crippen LogP contribution in [0.2, 0.25) is 0 Å². The van der Waals surface area contributed by atoms with Crippen LogP contribution in [-0.2, 0) is 4.74 Å². The topological polar surface area (TPSA) is 46.1 Å². The molecular formula is C17H27BrIN3O2. The van der Waals surface area contributed by atoms with Crippen molar-refractivity contribution in [2.45, 2.75) is 19.4 Å². The summed E-state index contributed by atoms with van der Waals surface area (Å²) in [6, 6.07) is 7.88. The van der Waals surface area contributed by atoms with Crippen molar-refractivity contribution in [1.82, 2.24) is 10.2 Å². The van der Waals surface area contributed by atoms with Crippen LogP contribution in [0.25, 0.3) is 0 Å². The average molecular weight is 512 g/mol. The number of nitrogens with zero attached hydrogens (tertiary/aromatic N) is 2. The molecule has 1 aromatic rings. The van der Waals surface area contributed by atoms with Gasteiger partial charge in [-0.3, -0.25) is 4.99 Å². The summed E-state index contributed by atoms with van der Waals surface area (Å²) in [4.78, 5) is 6.51. The number of hydrogen-bond acceptors (Lipinski definition) is 3. The fourth-order valence-corrected chi connectivity index (χ4v) is 3.00. The number of aliphatic imine (C=N–C) groups is 1. The number of ether oxygens (including phenoxy) is 2. The Bertz CT molecular complexity index is 524. The third-order valence-corrected chi connectivity index (χ3v) is 4.50. The lowest BCUT2D eigenvalue weighted by molar-refractivity contribution is 0.180. The molecule has 5 nitrogen and oxygen atoms in total. The molecule has 2 atom stereocenters. The highest BCUT2D eigenvalue weighted by atomic mass is 127. The number of guanidine groups is 1. The number of benzene rings is 1. The summed E-state index contributed by atoms with van der Waals surface area (Å²) in [5, 5.41) is 3.38. The third-order valence-electron chi connectivity index (χ3n) is 3.84. The van der Waals surface area contributed by atoms with Gasteiger partial charge in [0.15, 0.2) is 5.96 Å². The summed E-state index contributed by atoms with van der Waals surface area (Å²) >= 11 is 3.50. The van der Waals surface area contributed by atoms with Gasteiger partial charge in [-0.15, -0.1) is 24.0 Å². The van der Waals surface area contributed by atoms with E-state index in [9.17, 15) is 0 Å². The first-order valence-electron chi connectivity index (χ1n) is 8.01. The highest BCUT2D eigenvalue weighted by Crippen LogP contribution is 2.24. The molecule has 0 aliphatic carbocycles. The van der Waals surface area contributed by atoms with Crippen LogP contribution in [-0.4, -0.2) is 57.4 Å². The van der Waals surface area contributed by atoms with E-state index in [0.29, 0.717) is 12.5 Å². The van der Waals surface area contributed by atoms with Crippen LogP contribution < -0.4 is 10.1 Å². The minimum atomic E-state index is 0. The van der Waals surface area contributed by atoms with Gasteiger partial charge in [-0.25, -0.2) is 0 Å². The van der Waals surface area contributed by atoms with Crippen LogP contribution in [0.4, 0.5) is 0 Å². The van der Waals surface area contributed by atoms with E-state index < -0.39 is 0 Å². The van der Waals surface area contributed by atoms with Gasteiger partial charge in [0, 0.05) is 33.2 Å². The van der Waals surface area contributed by atoms with Gasteiger partial charge < -0.3 is 19.7 Å². The molecule has 1 saturated heterocycles. The van der Waals surface area contributed by atoms with Gasteiger partial charge in [0.25, 0.3) is 0 Å². The zero-order valence-electron chi connectivity index (χ0n) is 14.5. The zero-order chi connectivity index (χ0) is 16.7. The predicted molar refractivity (Wildman–Crippen MR) is 113 cm³/mol. The van der Waals surface area contributed by atoms with Crippen molar-refractivity contribution in [2.24, 2.45) is 10.9 Å². The van der Waals surface area contributed by atoms with Crippen LogP contribution in [0.1, 0.15) is 13.3 Å². The Balaban J connectivity index is 0.00000288. The van der Waals surface area contributed by atoms with Gasteiger partial charge in [-0.1, -0.05) is 12.1 Å². The largest absolute Gasteiger partial charge is 0.488 e. The van der Waals surface area contributed by atoms with Gasteiger partial charge in [-0.05, 0) is 41.4 Å². The number of rotatable bonds is 6. The SMILES string of the molecule is CN=C(NCC(C)Oc1ccccc1Br)N(C)CC1CCOC1.I. The molecular weight excluding hydrogens is 485 g/mol. The summed E-state index contributed by atoms with van der Waals surface area (Å²) < 4.78 is 12.4. The molecule has 2 unspecified atom stereocenters. The average Bonchev–Trinajstić information content (AvgIpc) is 3.03. The maximum absolute atomic E-state index is 5.95. The Kier molecular flexibility index (Phi) is 9.99. The lowest BCUT2D eigenvalue weighted by Gasteiger charge is -2.26. The Morgan fingerprint density at radius 2 is 2.25 bits per heavy atom. The minimum Gasteiger partial charge on any atom is -0.488 e. The molecule has 1 fully saturated rings. The van der Waals surface area contributed by atoms with Gasteiger partial charge in [-0.2, -0.15) is 0 Å². The van der Waals surface area contributed by atoms with E-state index in [1.165, 1.54) is 0 Å². The first kappa shape index (κ1) is 21.5. The number of hydrogen-bond donors (Lipinski definition) is 1. The maximum atomic E-state index is 5.95. The summed E-state index contributed by atoms with van der Waals surface area (Å²) in [5.41, 5.74) is 0. The number of para-hydroxylation sites is 1. The van der Waals surface area contributed by atoms with Gasteiger partial charge in [0.2, 0.25) is 0 Å². The summed E-state index contributed by atoms with van der Waals surface area (Å²) in [7, 11) is 3.87. The van der Waals surface area contributed by atoms with Crippen molar-refractivity contribution in [3.63, 3.8) is 0 Å². The van der Waals surface area contributed by atoms with Crippen molar-refractivity contribution in [3.8, 4) is 5.75 Å². The van der Waals surface area contributed by atoms with E-state index in [0.717, 1.165) is 42.4 Å². The molecule has 1 heterocycles. The summed E-state index contributed by atoms with van der Waals surface area (Å²) in [5.74, 6) is 2.33. The molecule has 0 amide bonds. The minimum absolute atomic E-state index is 0. The normalized spacial score (nSPS) is 18.7. The molecule has 136 valence electrons. The lowest BCUT2D eigenvalue weighted by atomic mass is 10.1. The standard InChI is InChI=1S/C17H26BrN3O2.HI/c1-13(23-16-7-5-4-6-15(16)18)10-20-17(19-2)21(3)11-14-8-9-22-12-14;/h4-7,13-14H,8-12H2,1-3H3,(H,19,20);1H. The Labute approximate surface area is 170 Å². The monoisotopic (exact) mass is 511 g/mol. The molecule has 0 aromatic heterocycles. The van der Waals surface area contributed by atoms with E-state index in [1.807, 2.05) is 38.2 Å². The van der Waals surface area contributed by atoms with E-state index in [4.69, 9.17) is 9.47 Å². The predicted octanol–water partition coefficient (Wildman–Crippen LogP) is 3.38. The second-order valence-corrected chi connectivity index (χ2v) is 6.75.